The van der Waals surface area contributed by atoms with E-state index >= 15 is 0 Å². The number of nitrogens with zero attached hydrogens (tertiary/aromatic N) is 4. The zero-order valence-electron chi connectivity index (χ0n) is 17.4. The molecule has 0 bridgehead atoms. The van der Waals surface area contributed by atoms with Gasteiger partial charge in [-0.1, -0.05) is 6.07 Å². The topological polar surface area (TPSA) is 102 Å². The van der Waals surface area contributed by atoms with E-state index in [1.165, 1.54) is 0 Å². The summed E-state index contributed by atoms with van der Waals surface area (Å²) in [7, 11) is 0. The second-order valence-corrected chi connectivity index (χ2v) is 7.88. The molecular formula is C21H30N6O2. The fourth-order valence-electron chi connectivity index (χ4n) is 4.10. The third-order valence-electron chi connectivity index (χ3n) is 5.57. The lowest BCUT2D eigenvalue weighted by atomic mass is 9.77. The highest BCUT2D eigenvalue weighted by atomic mass is 16.2. The van der Waals surface area contributed by atoms with Crippen LogP contribution in [0.1, 0.15) is 56.0 Å². The second-order valence-electron chi connectivity index (χ2n) is 7.88. The maximum atomic E-state index is 12.2. The fraction of sp³-hybridized carbons (Fsp3) is 0.571. The van der Waals surface area contributed by atoms with Crippen molar-refractivity contribution in [2.75, 3.05) is 6.54 Å². The molecule has 2 aromatic heterocycles. The largest absolute Gasteiger partial charge is 0.354 e. The molecule has 1 fully saturated rings. The number of rotatable bonds is 7. The average Bonchev–Trinajstić information content (AvgIpc) is 3.02. The lowest BCUT2D eigenvalue weighted by molar-refractivity contribution is -0.122. The Hall–Kier alpha value is -2.77. The van der Waals surface area contributed by atoms with E-state index in [0.717, 1.165) is 37.2 Å². The van der Waals surface area contributed by atoms with Crippen LogP contribution in [0.15, 0.2) is 24.4 Å². The van der Waals surface area contributed by atoms with Crippen LogP contribution in [0.5, 0.6) is 0 Å². The number of pyridine rings is 1. The van der Waals surface area contributed by atoms with Crippen LogP contribution in [0.4, 0.5) is 0 Å². The third kappa shape index (κ3) is 5.85. The van der Waals surface area contributed by atoms with Gasteiger partial charge < -0.3 is 10.6 Å². The smallest absolute Gasteiger partial charge is 0.241 e. The molecule has 8 heteroatoms. The van der Waals surface area contributed by atoms with E-state index in [2.05, 4.69) is 25.7 Å². The summed E-state index contributed by atoms with van der Waals surface area (Å²) < 4.78 is 1.63. The molecule has 0 aromatic carbocycles. The summed E-state index contributed by atoms with van der Waals surface area (Å²) in [6, 6.07) is 5.76. The van der Waals surface area contributed by atoms with Gasteiger partial charge in [0.15, 0.2) is 0 Å². The van der Waals surface area contributed by atoms with Crippen molar-refractivity contribution >= 4 is 11.8 Å². The van der Waals surface area contributed by atoms with Gasteiger partial charge in [0.2, 0.25) is 11.8 Å². The first-order valence-electron chi connectivity index (χ1n) is 10.2. The van der Waals surface area contributed by atoms with Crippen LogP contribution < -0.4 is 10.6 Å². The summed E-state index contributed by atoms with van der Waals surface area (Å²) in [5.41, 5.74) is 0.915. The summed E-state index contributed by atoms with van der Waals surface area (Å²) in [6.45, 7) is 6.09. The van der Waals surface area contributed by atoms with Crippen molar-refractivity contribution in [3.8, 4) is 0 Å². The summed E-state index contributed by atoms with van der Waals surface area (Å²) in [4.78, 5) is 32.6. The number of hydrogen-bond acceptors (Lipinski definition) is 5. The molecule has 0 saturated heterocycles. The Kier molecular flexibility index (Phi) is 6.95. The summed E-state index contributed by atoms with van der Waals surface area (Å²) in [5.74, 6) is 2.17. The van der Waals surface area contributed by atoms with Gasteiger partial charge in [-0.05, 0) is 63.5 Å². The van der Waals surface area contributed by atoms with E-state index in [4.69, 9.17) is 0 Å². The van der Waals surface area contributed by atoms with Crippen molar-refractivity contribution in [1.29, 1.82) is 0 Å². The van der Waals surface area contributed by atoms with Gasteiger partial charge in [0.05, 0.1) is 11.7 Å². The zero-order chi connectivity index (χ0) is 20.8. The molecule has 156 valence electrons. The van der Waals surface area contributed by atoms with Crippen molar-refractivity contribution in [2.45, 2.75) is 59.0 Å². The zero-order valence-corrected chi connectivity index (χ0v) is 17.4. The Morgan fingerprint density at radius 2 is 1.97 bits per heavy atom. The molecule has 1 unspecified atom stereocenters. The van der Waals surface area contributed by atoms with Crippen molar-refractivity contribution < 1.29 is 9.59 Å². The van der Waals surface area contributed by atoms with Crippen molar-refractivity contribution in [2.24, 2.45) is 11.8 Å². The van der Waals surface area contributed by atoms with E-state index in [-0.39, 0.29) is 24.4 Å². The number of aromatic nitrogens is 4. The molecular weight excluding hydrogens is 368 g/mol. The first-order valence-corrected chi connectivity index (χ1v) is 10.2. The molecule has 0 radical (unpaired) electrons. The monoisotopic (exact) mass is 398 g/mol. The Morgan fingerprint density at radius 1 is 1.21 bits per heavy atom. The van der Waals surface area contributed by atoms with Gasteiger partial charge >= 0.3 is 0 Å². The van der Waals surface area contributed by atoms with Crippen LogP contribution in [-0.4, -0.2) is 38.1 Å². The minimum atomic E-state index is -0.0530. The normalized spacial score (nSPS) is 20.1. The molecule has 29 heavy (non-hydrogen) atoms. The molecule has 3 rings (SSSR count). The SMILES string of the molecule is CC(=O)NC(c1ccccn1)C1CCC(CNC(=O)Cn2nc(C)nc2C)CC1. The molecule has 0 spiro atoms. The Morgan fingerprint density at radius 3 is 2.55 bits per heavy atom. The maximum Gasteiger partial charge on any atom is 0.241 e. The van der Waals surface area contributed by atoms with E-state index in [9.17, 15) is 9.59 Å². The molecule has 0 aliphatic heterocycles. The number of amides is 2. The van der Waals surface area contributed by atoms with Gasteiger partial charge in [-0.25, -0.2) is 9.67 Å². The van der Waals surface area contributed by atoms with Crippen molar-refractivity contribution in [3.63, 3.8) is 0 Å². The highest BCUT2D eigenvalue weighted by Crippen LogP contribution is 2.36. The molecule has 1 atom stereocenters. The standard InChI is InChI=1S/C21H30N6O2/c1-14-24-15(2)27(26-14)13-20(29)23-12-17-7-9-18(10-8-17)21(25-16(3)28)19-6-4-5-11-22-19/h4-6,11,17-18,21H,7-10,12-13H2,1-3H3,(H,23,29)(H,25,28). The number of nitrogens with one attached hydrogen (secondary N) is 2. The van der Waals surface area contributed by atoms with Crippen LogP contribution >= 0.6 is 0 Å². The number of hydrogen-bond donors (Lipinski definition) is 2. The lowest BCUT2D eigenvalue weighted by Gasteiger charge is -2.34. The molecule has 2 aromatic rings. The number of aryl methyl sites for hydroxylation is 2. The maximum absolute atomic E-state index is 12.2. The van der Waals surface area contributed by atoms with Crippen LogP contribution in [0.3, 0.4) is 0 Å². The quantitative estimate of drug-likeness (QED) is 0.744. The first-order chi connectivity index (χ1) is 13.9. The number of carbonyl (C=O) groups is 2. The van der Waals surface area contributed by atoms with E-state index in [1.54, 1.807) is 17.8 Å². The third-order valence-corrected chi connectivity index (χ3v) is 5.57. The predicted molar refractivity (Wildman–Crippen MR) is 109 cm³/mol. The molecule has 1 aliphatic rings. The van der Waals surface area contributed by atoms with Gasteiger partial charge in [0, 0.05) is 19.7 Å². The summed E-state index contributed by atoms with van der Waals surface area (Å²) in [5, 5.41) is 10.3. The van der Waals surface area contributed by atoms with Crippen molar-refractivity contribution in [3.05, 3.63) is 41.7 Å². The fourth-order valence-corrected chi connectivity index (χ4v) is 4.10. The molecule has 2 heterocycles. The Bertz CT molecular complexity index is 827. The first kappa shape index (κ1) is 21.0. The van der Waals surface area contributed by atoms with E-state index in [1.807, 2.05) is 32.0 Å². The summed E-state index contributed by atoms with van der Waals surface area (Å²) in [6.07, 6.45) is 5.82. The molecule has 1 aliphatic carbocycles. The highest BCUT2D eigenvalue weighted by Gasteiger charge is 2.30. The number of carbonyl (C=O) groups excluding carboxylic acids is 2. The van der Waals surface area contributed by atoms with Crippen LogP contribution in [0, 0.1) is 25.7 Å². The molecule has 1 saturated carbocycles. The van der Waals surface area contributed by atoms with E-state index in [0.29, 0.717) is 24.2 Å². The van der Waals surface area contributed by atoms with Crippen LogP contribution in [-0.2, 0) is 16.1 Å². The minimum Gasteiger partial charge on any atom is -0.354 e. The van der Waals surface area contributed by atoms with Gasteiger partial charge in [0.25, 0.3) is 0 Å². The Labute approximate surface area is 171 Å². The van der Waals surface area contributed by atoms with Crippen LogP contribution in [0.25, 0.3) is 0 Å². The van der Waals surface area contributed by atoms with Gasteiger partial charge in [0.1, 0.15) is 18.2 Å². The van der Waals surface area contributed by atoms with Gasteiger partial charge in [-0.2, -0.15) is 5.10 Å². The lowest BCUT2D eigenvalue weighted by Crippen LogP contribution is -2.37. The summed E-state index contributed by atoms with van der Waals surface area (Å²) >= 11 is 0. The molecule has 2 N–H and O–H groups in total. The van der Waals surface area contributed by atoms with Gasteiger partial charge in [-0.15, -0.1) is 0 Å². The minimum absolute atomic E-state index is 0.0336. The van der Waals surface area contributed by atoms with E-state index < -0.39 is 0 Å². The molecule has 8 nitrogen and oxygen atoms in total. The van der Waals surface area contributed by atoms with Crippen LogP contribution in [0.2, 0.25) is 0 Å². The Balaban J connectivity index is 1.48. The van der Waals surface area contributed by atoms with Gasteiger partial charge in [-0.3, -0.25) is 14.6 Å². The average molecular weight is 399 g/mol. The highest BCUT2D eigenvalue weighted by molar-refractivity contribution is 5.75. The van der Waals surface area contributed by atoms with Crippen molar-refractivity contribution in [1.82, 2.24) is 30.4 Å². The second kappa shape index (κ2) is 9.62. The molecule has 2 amide bonds. The predicted octanol–water partition coefficient (Wildman–Crippen LogP) is 2.09.